The molecule has 0 atom stereocenters. The van der Waals surface area contributed by atoms with E-state index in [0.717, 1.165) is 43.1 Å². The number of nitro benzene ring substituents is 1. The normalized spacial score (nSPS) is 17.7. The summed E-state index contributed by atoms with van der Waals surface area (Å²) in [7, 11) is -3.88. The van der Waals surface area contributed by atoms with E-state index in [9.17, 15) is 18.5 Å². The minimum atomic E-state index is -3.88. The third-order valence-corrected chi connectivity index (χ3v) is 10.2. The van der Waals surface area contributed by atoms with E-state index in [1.165, 1.54) is 35.7 Å². The number of nitrogens with one attached hydrogen (secondary N) is 1. The monoisotopic (exact) mass is 602 g/mol. The number of hydrogen-bond donors (Lipinski definition) is 1. The molecule has 0 aliphatic carbocycles. The van der Waals surface area contributed by atoms with Gasteiger partial charge in [-0.3, -0.25) is 10.1 Å². The third kappa shape index (κ3) is 6.44. The Kier molecular flexibility index (Phi) is 8.97. The summed E-state index contributed by atoms with van der Waals surface area (Å²) in [6, 6.07) is 18.4. The summed E-state index contributed by atoms with van der Waals surface area (Å²) < 4.78 is 28.5. The molecule has 8 nitrogen and oxygen atoms in total. The van der Waals surface area contributed by atoms with E-state index in [4.69, 9.17) is 23.2 Å². The topological polar surface area (TPSA) is 95.8 Å². The van der Waals surface area contributed by atoms with Gasteiger partial charge >= 0.3 is 0 Å². The lowest BCUT2D eigenvalue weighted by Gasteiger charge is -2.39. The Balaban J connectivity index is 1.39. The number of sulfonamides is 1. The van der Waals surface area contributed by atoms with Gasteiger partial charge in [0.15, 0.2) is 0 Å². The average Bonchev–Trinajstić information content (AvgIpc) is 2.97. The SMILES string of the molecule is O=[N+]([O-])c1cc(S(=O)(=O)N2CCC(N3CCCCC3)CC2)ccc1NC(c1ccc(Cl)cc1)c1ccc(Cl)cc1. The van der Waals surface area contributed by atoms with Crippen LogP contribution in [0.25, 0.3) is 0 Å². The zero-order valence-corrected chi connectivity index (χ0v) is 24.3. The number of anilines is 1. The molecule has 0 unspecified atom stereocenters. The van der Waals surface area contributed by atoms with Gasteiger partial charge in [-0.05, 0) is 86.3 Å². The third-order valence-electron chi connectivity index (χ3n) is 7.84. The minimum Gasteiger partial charge on any atom is -0.369 e. The van der Waals surface area contributed by atoms with E-state index < -0.39 is 21.0 Å². The van der Waals surface area contributed by atoms with Crippen molar-refractivity contribution in [2.75, 3.05) is 31.5 Å². The lowest BCUT2D eigenvalue weighted by molar-refractivity contribution is -0.384. The van der Waals surface area contributed by atoms with Gasteiger partial charge in [0.1, 0.15) is 5.69 Å². The van der Waals surface area contributed by atoms with Crippen LogP contribution in [0.3, 0.4) is 0 Å². The van der Waals surface area contributed by atoms with Crippen molar-refractivity contribution < 1.29 is 13.3 Å². The quantitative estimate of drug-likeness (QED) is 0.226. The Morgan fingerprint density at radius 3 is 1.90 bits per heavy atom. The first-order valence-corrected chi connectivity index (χ1v) is 15.7. The lowest BCUT2D eigenvalue weighted by Crippen LogP contribution is -2.48. The smallest absolute Gasteiger partial charge is 0.293 e. The van der Waals surface area contributed by atoms with Crippen molar-refractivity contribution in [3.05, 3.63) is 98.0 Å². The molecule has 1 N–H and O–H groups in total. The number of halogens is 2. The average molecular weight is 604 g/mol. The van der Waals surface area contributed by atoms with Crippen LogP contribution in [-0.2, 0) is 10.0 Å². The Hall–Kier alpha value is -2.69. The van der Waals surface area contributed by atoms with Crippen LogP contribution in [0.15, 0.2) is 71.6 Å². The van der Waals surface area contributed by atoms with Gasteiger partial charge in [-0.15, -0.1) is 0 Å². The second kappa shape index (κ2) is 12.4. The fourth-order valence-electron chi connectivity index (χ4n) is 5.65. The summed E-state index contributed by atoms with van der Waals surface area (Å²) in [6.45, 7) is 2.97. The molecular formula is C29H32Cl2N4O4S. The Morgan fingerprint density at radius 2 is 1.38 bits per heavy atom. The van der Waals surface area contributed by atoms with Crippen molar-refractivity contribution in [1.29, 1.82) is 0 Å². The van der Waals surface area contributed by atoms with E-state index in [1.54, 1.807) is 24.3 Å². The first-order valence-electron chi connectivity index (χ1n) is 13.5. The zero-order chi connectivity index (χ0) is 28.3. The van der Waals surface area contributed by atoms with Crippen LogP contribution in [0.4, 0.5) is 11.4 Å². The molecule has 0 saturated carbocycles. The first-order chi connectivity index (χ1) is 19.2. The van der Waals surface area contributed by atoms with Crippen molar-refractivity contribution >= 4 is 44.6 Å². The van der Waals surface area contributed by atoms with Crippen LogP contribution in [-0.4, -0.2) is 54.8 Å². The molecule has 0 radical (unpaired) electrons. The van der Waals surface area contributed by atoms with E-state index in [2.05, 4.69) is 10.2 Å². The summed E-state index contributed by atoms with van der Waals surface area (Å²) in [6.07, 6.45) is 5.18. The number of hydrogen-bond acceptors (Lipinski definition) is 6. The predicted octanol–water partition coefficient (Wildman–Crippen LogP) is 6.74. The molecule has 0 aromatic heterocycles. The molecule has 212 valence electrons. The molecule has 0 spiro atoms. The Bertz CT molecular complexity index is 1390. The van der Waals surface area contributed by atoms with Crippen LogP contribution in [0, 0.1) is 10.1 Å². The maximum Gasteiger partial charge on any atom is 0.293 e. The number of benzene rings is 3. The molecule has 40 heavy (non-hydrogen) atoms. The van der Waals surface area contributed by atoms with Gasteiger partial charge in [-0.1, -0.05) is 53.9 Å². The summed E-state index contributed by atoms with van der Waals surface area (Å²) in [5.41, 5.74) is 1.56. The van der Waals surface area contributed by atoms with Gasteiger partial charge in [0.2, 0.25) is 10.0 Å². The Morgan fingerprint density at radius 1 is 0.825 bits per heavy atom. The van der Waals surface area contributed by atoms with Gasteiger partial charge in [0.05, 0.1) is 15.9 Å². The van der Waals surface area contributed by atoms with Gasteiger partial charge in [0.25, 0.3) is 5.69 Å². The fraction of sp³-hybridized carbons (Fsp3) is 0.379. The van der Waals surface area contributed by atoms with Crippen molar-refractivity contribution in [1.82, 2.24) is 9.21 Å². The number of nitrogens with zero attached hydrogens (tertiary/aromatic N) is 3. The molecule has 3 aromatic rings. The van der Waals surface area contributed by atoms with Gasteiger partial charge in [0, 0.05) is 35.2 Å². The van der Waals surface area contributed by atoms with Crippen molar-refractivity contribution in [2.45, 2.75) is 49.1 Å². The van der Waals surface area contributed by atoms with Gasteiger partial charge < -0.3 is 10.2 Å². The zero-order valence-electron chi connectivity index (χ0n) is 22.0. The molecule has 0 bridgehead atoms. The van der Waals surface area contributed by atoms with E-state index in [-0.39, 0.29) is 16.3 Å². The van der Waals surface area contributed by atoms with Crippen LogP contribution >= 0.6 is 23.2 Å². The summed E-state index contributed by atoms with van der Waals surface area (Å²) in [4.78, 5) is 14.0. The van der Waals surface area contributed by atoms with Crippen LogP contribution in [0.5, 0.6) is 0 Å². The lowest BCUT2D eigenvalue weighted by atomic mass is 9.98. The Labute approximate surface area is 245 Å². The van der Waals surface area contributed by atoms with Gasteiger partial charge in [-0.25, -0.2) is 8.42 Å². The summed E-state index contributed by atoms with van der Waals surface area (Å²) in [5, 5.41) is 16.6. The molecule has 0 amide bonds. The highest BCUT2D eigenvalue weighted by molar-refractivity contribution is 7.89. The highest BCUT2D eigenvalue weighted by Gasteiger charge is 2.33. The van der Waals surface area contributed by atoms with E-state index >= 15 is 0 Å². The summed E-state index contributed by atoms with van der Waals surface area (Å²) >= 11 is 12.2. The molecule has 11 heteroatoms. The second-order valence-electron chi connectivity index (χ2n) is 10.3. The predicted molar refractivity (Wildman–Crippen MR) is 159 cm³/mol. The number of piperidine rings is 2. The number of likely N-dealkylation sites (tertiary alicyclic amines) is 1. The highest BCUT2D eigenvalue weighted by atomic mass is 35.5. The van der Waals surface area contributed by atoms with Crippen LogP contribution < -0.4 is 5.32 Å². The number of rotatable bonds is 8. The molecule has 5 rings (SSSR count). The van der Waals surface area contributed by atoms with Crippen molar-refractivity contribution in [3.8, 4) is 0 Å². The van der Waals surface area contributed by atoms with Crippen molar-refractivity contribution in [3.63, 3.8) is 0 Å². The minimum absolute atomic E-state index is 0.0734. The molecule has 2 heterocycles. The molecule has 2 aliphatic rings. The molecular weight excluding hydrogens is 571 g/mol. The maximum atomic E-state index is 13.5. The van der Waals surface area contributed by atoms with E-state index in [1.807, 2.05) is 24.3 Å². The fourth-order valence-corrected chi connectivity index (χ4v) is 7.39. The molecule has 2 fully saturated rings. The maximum absolute atomic E-state index is 13.5. The van der Waals surface area contributed by atoms with Gasteiger partial charge in [-0.2, -0.15) is 4.31 Å². The van der Waals surface area contributed by atoms with Crippen LogP contribution in [0.2, 0.25) is 10.0 Å². The highest BCUT2D eigenvalue weighted by Crippen LogP contribution is 2.35. The standard InChI is InChI=1S/C29H32Cl2N4O4S/c30-23-8-4-21(5-9-23)29(22-6-10-24(31)11-7-22)32-27-13-12-26(20-28(27)35(36)37)40(38,39)34-18-14-25(15-19-34)33-16-2-1-3-17-33/h4-13,20,25,29,32H,1-3,14-19H2. The van der Waals surface area contributed by atoms with Crippen molar-refractivity contribution in [2.24, 2.45) is 0 Å². The van der Waals surface area contributed by atoms with E-state index in [0.29, 0.717) is 29.2 Å². The molecule has 2 saturated heterocycles. The number of nitro groups is 1. The first kappa shape index (κ1) is 28.8. The molecule has 2 aliphatic heterocycles. The largest absolute Gasteiger partial charge is 0.369 e. The summed E-state index contributed by atoms with van der Waals surface area (Å²) in [5.74, 6) is 0. The second-order valence-corrected chi connectivity index (χ2v) is 13.2. The molecule has 3 aromatic carbocycles. The van der Waals surface area contributed by atoms with Crippen LogP contribution in [0.1, 0.15) is 49.3 Å².